The Labute approximate surface area is 153 Å². The largest absolute Gasteiger partial charge is 0.486 e. The normalized spacial score (nSPS) is 23.4. The molecular weight excluding hydrogens is 334 g/mol. The molecule has 7 nitrogen and oxygen atoms in total. The van der Waals surface area contributed by atoms with Gasteiger partial charge in [-0.2, -0.15) is 0 Å². The minimum Gasteiger partial charge on any atom is -0.486 e. The molecule has 2 amide bonds. The summed E-state index contributed by atoms with van der Waals surface area (Å²) in [7, 11) is 1.96. The Morgan fingerprint density at radius 2 is 1.88 bits per heavy atom. The molecule has 140 valence electrons. The lowest BCUT2D eigenvalue weighted by Gasteiger charge is -2.33. The summed E-state index contributed by atoms with van der Waals surface area (Å²) in [5.74, 6) is 1.19. The highest BCUT2D eigenvalue weighted by Gasteiger charge is 2.38. The highest BCUT2D eigenvalue weighted by Crippen LogP contribution is 2.36. The molecule has 3 aliphatic rings. The van der Waals surface area contributed by atoms with E-state index in [-0.39, 0.29) is 24.2 Å². The van der Waals surface area contributed by atoms with Crippen molar-refractivity contribution in [2.75, 3.05) is 44.8 Å². The number of benzene rings is 1. The molecule has 0 spiro atoms. The molecule has 26 heavy (non-hydrogen) atoms. The SMILES string of the molecule is CNC1CCN(C(=O)C2CC(=O)N(c3ccc4c(c3)OCCO4)C2)CC1. The lowest BCUT2D eigenvalue weighted by Crippen LogP contribution is -2.46. The molecule has 4 rings (SSSR count). The lowest BCUT2D eigenvalue weighted by molar-refractivity contribution is -0.136. The maximum absolute atomic E-state index is 12.8. The van der Waals surface area contributed by atoms with Gasteiger partial charge in [0.05, 0.1) is 5.92 Å². The number of nitrogens with one attached hydrogen (secondary N) is 1. The molecule has 1 aromatic rings. The number of hydrogen-bond acceptors (Lipinski definition) is 5. The number of rotatable bonds is 3. The van der Waals surface area contributed by atoms with E-state index in [0.29, 0.717) is 37.3 Å². The fraction of sp³-hybridized carbons (Fsp3) is 0.579. The number of likely N-dealkylation sites (tertiary alicyclic amines) is 1. The van der Waals surface area contributed by atoms with E-state index in [1.807, 2.05) is 30.1 Å². The molecule has 0 aliphatic carbocycles. The Morgan fingerprint density at radius 1 is 1.15 bits per heavy atom. The smallest absolute Gasteiger partial charge is 0.228 e. The van der Waals surface area contributed by atoms with Crippen LogP contribution >= 0.6 is 0 Å². The van der Waals surface area contributed by atoms with E-state index in [9.17, 15) is 9.59 Å². The molecule has 1 unspecified atom stereocenters. The molecule has 0 aromatic heterocycles. The Bertz CT molecular complexity index is 700. The van der Waals surface area contributed by atoms with Gasteiger partial charge in [0.1, 0.15) is 13.2 Å². The first-order valence-corrected chi connectivity index (χ1v) is 9.32. The average Bonchev–Trinajstić information content (AvgIpc) is 3.08. The monoisotopic (exact) mass is 359 g/mol. The van der Waals surface area contributed by atoms with Gasteiger partial charge in [-0.05, 0) is 32.0 Å². The summed E-state index contributed by atoms with van der Waals surface area (Å²) in [5, 5.41) is 3.27. The fourth-order valence-corrected chi connectivity index (χ4v) is 3.97. The Morgan fingerprint density at radius 3 is 2.62 bits per heavy atom. The van der Waals surface area contributed by atoms with Crippen LogP contribution in [0.25, 0.3) is 0 Å². The third kappa shape index (κ3) is 3.23. The van der Waals surface area contributed by atoms with Gasteiger partial charge in [-0.3, -0.25) is 9.59 Å². The van der Waals surface area contributed by atoms with Gasteiger partial charge in [-0.1, -0.05) is 0 Å². The molecule has 0 radical (unpaired) electrons. The van der Waals surface area contributed by atoms with Crippen molar-refractivity contribution >= 4 is 17.5 Å². The number of carbonyl (C=O) groups excluding carboxylic acids is 2. The van der Waals surface area contributed by atoms with E-state index >= 15 is 0 Å². The number of amides is 2. The van der Waals surface area contributed by atoms with Crippen LogP contribution in [0.2, 0.25) is 0 Å². The Kier molecular flexibility index (Phi) is 4.72. The summed E-state index contributed by atoms with van der Waals surface area (Å²) < 4.78 is 11.1. The number of nitrogens with zero attached hydrogens (tertiary/aromatic N) is 2. The van der Waals surface area contributed by atoms with Crippen LogP contribution in [0.4, 0.5) is 5.69 Å². The highest BCUT2D eigenvalue weighted by molar-refractivity contribution is 6.00. The molecule has 0 bridgehead atoms. The zero-order valence-electron chi connectivity index (χ0n) is 15.1. The van der Waals surface area contributed by atoms with Crippen molar-refractivity contribution in [1.82, 2.24) is 10.2 Å². The van der Waals surface area contributed by atoms with Gasteiger partial charge < -0.3 is 24.6 Å². The maximum Gasteiger partial charge on any atom is 0.228 e. The van der Waals surface area contributed by atoms with Crippen LogP contribution in [-0.2, 0) is 9.59 Å². The fourth-order valence-electron chi connectivity index (χ4n) is 3.97. The van der Waals surface area contributed by atoms with Crippen molar-refractivity contribution in [3.63, 3.8) is 0 Å². The number of fused-ring (bicyclic) bond motifs is 1. The summed E-state index contributed by atoms with van der Waals surface area (Å²) >= 11 is 0. The number of ether oxygens (including phenoxy) is 2. The van der Waals surface area contributed by atoms with Gasteiger partial charge in [0.25, 0.3) is 0 Å². The van der Waals surface area contributed by atoms with Gasteiger partial charge in [0.2, 0.25) is 11.8 Å². The third-order valence-electron chi connectivity index (χ3n) is 5.53. The topological polar surface area (TPSA) is 71.1 Å². The van der Waals surface area contributed by atoms with Gasteiger partial charge in [-0.25, -0.2) is 0 Å². The van der Waals surface area contributed by atoms with Crippen LogP contribution in [-0.4, -0.2) is 62.7 Å². The van der Waals surface area contributed by atoms with Crippen LogP contribution < -0.4 is 19.7 Å². The van der Waals surface area contributed by atoms with Crippen LogP contribution in [0.5, 0.6) is 11.5 Å². The number of carbonyl (C=O) groups is 2. The minimum absolute atomic E-state index is 0.00913. The van der Waals surface area contributed by atoms with Crippen molar-refractivity contribution in [1.29, 1.82) is 0 Å². The Hall–Kier alpha value is -2.28. The van der Waals surface area contributed by atoms with Crippen LogP contribution in [0, 0.1) is 5.92 Å². The second kappa shape index (κ2) is 7.15. The van der Waals surface area contributed by atoms with E-state index in [1.54, 1.807) is 4.90 Å². The van der Waals surface area contributed by atoms with Crippen LogP contribution in [0.1, 0.15) is 19.3 Å². The highest BCUT2D eigenvalue weighted by atomic mass is 16.6. The van der Waals surface area contributed by atoms with Crippen molar-refractivity contribution < 1.29 is 19.1 Å². The summed E-state index contributed by atoms with van der Waals surface area (Å²) in [6.45, 7) is 3.01. The second-order valence-corrected chi connectivity index (χ2v) is 7.12. The Balaban J connectivity index is 1.43. The minimum atomic E-state index is -0.262. The zero-order valence-corrected chi connectivity index (χ0v) is 15.1. The summed E-state index contributed by atoms with van der Waals surface area (Å²) in [4.78, 5) is 29.0. The summed E-state index contributed by atoms with van der Waals surface area (Å²) in [6.07, 6.45) is 2.21. The van der Waals surface area contributed by atoms with E-state index in [4.69, 9.17) is 9.47 Å². The molecule has 2 saturated heterocycles. The van der Waals surface area contributed by atoms with E-state index in [0.717, 1.165) is 31.6 Å². The molecular formula is C19H25N3O4. The van der Waals surface area contributed by atoms with Gasteiger partial charge in [-0.15, -0.1) is 0 Å². The third-order valence-corrected chi connectivity index (χ3v) is 5.53. The lowest BCUT2D eigenvalue weighted by atomic mass is 10.0. The van der Waals surface area contributed by atoms with E-state index in [1.165, 1.54) is 0 Å². The van der Waals surface area contributed by atoms with Gasteiger partial charge in [0, 0.05) is 43.9 Å². The summed E-state index contributed by atoms with van der Waals surface area (Å²) in [6, 6.07) is 6.00. The van der Waals surface area contributed by atoms with Crippen LogP contribution in [0.15, 0.2) is 18.2 Å². The standard InChI is InChI=1S/C19H25N3O4/c1-20-14-4-6-21(7-5-14)19(24)13-10-18(23)22(12-13)15-2-3-16-17(11-15)26-9-8-25-16/h2-3,11,13-14,20H,4-10,12H2,1H3. The predicted molar refractivity (Wildman–Crippen MR) is 96.6 cm³/mol. The van der Waals surface area contributed by atoms with Gasteiger partial charge in [0.15, 0.2) is 11.5 Å². The predicted octanol–water partition coefficient (Wildman–Crippen LogP) is 1.02. The number of hydrogen-bond donors (Lipinski definition) is 1. The first-order valence-electron chi connectivity index (χ1n) is 9.32. The molecule has 3 heterocycles. The first-order chi connectivity index (χ1) is 12.7. The molecule has 0 saturated carbocycles. The van der Waals surface area contributed by atoms with E-state index < -0.39 is 0 Å². The van der Waals surface area contributed by atoms with Crippen molar-refractivity contribution in [3.05, 3.63) is 18.2 Å². The molecule has 3 aliphatic heterocycles. The van der Waals surface area contributed by atoms with Crippen LogP contribution in [0.3, 0.4) is 0 Å². The van der Waals surface area contributed by atoms with Crippen molar-refractivity contribution in [3.8, 4) is 11.5 Å². The van der Waals surface area contributed by atoms with Gasteiger partial charge >= 0.3 is 0 Å². The quantitative estimate of drug-likeness (QED) is 0.873. The van der Waals surface area contributed by atoms with E-state index in [2.05, 4.69) is 5.32 Å². The number of anilines is 1. The second-order valence-electron chi connectivity index (χ2n) is 7.12. The molecule has 2 fully saturated rings. The first kappa shape index (κ1) is 17.1. The van der Waals surface area contributed by atoms with Crippen molar-refractivity contribution in [2.45, 2.75) is 25.3 Å². The number of piperidine rings is 1. The molecule has 1 aromatic carbocycles. The molecule has 1 atom stereocenters. The zero-order chi connectivity index (χ0) is 18.1. The molecule has 1 N–H and O–H groups in total. The summed E-state index contributed by atoms with van der Waals surface area (Å²) in [5.41, 5.74) is 0.767. The molecule has 7 heteroatoms. The maximum atomic E-state index is 12.8. The van der Waals surface area contributed by atoms with Crippen molar-refractivity contribution in [2.24, 2.45) is 5.92 Å². The average molecular weight is 359 g/mol.